The number of nitrogens with zero attached hydrogens (tertiary/aromatic N) is 4. The van der Waals surface area contributed by atoms with E-state index < -0.39 is 0 Å². The van der Waals surface area contributed by atoms with Gasteiger partial charge in [0.05, 0.1) is 11.9 Å². The Morgan fingerprint density at radius 3 is 2.54 bits per heavy atom. The van der Waals surface area contributed by atoms with Crippen LogP contribution in [0.1, 0.15) is 0 Å². The number of anilines is 1. The van der Waals surface area contributed by atoms with E-state index in [1.807, 2.05) is 54.6 Å². The van der Waals surface area contributed by atoms with Gasteiger partial charge in [0, 0.05) is 12.1 Å². The molecule has 2 aromatic heterocycles. The summed E-state index contributed by atoms with van der Waals surface area (Å²) in [6.45, 7) is 0.911. The lowest BCUT2D eigenvalue weighted by atomic mass is 10.1. The predicted octanol–water partition coefficient (Wildman–Crippen LogP) is 2.61. The number of hydrogen-bond donors (Lipinski definition) is 2. The first-order valence-corrected chi connectivity index (χ1v) is 8.73. The van der Waals surface area contributed by atoms with Gasteiger partial charge in [0.1, 0.15) is 29.3 Å². The first-order valence-electron chi connectivity index (χ1n) is 8.73. The highest BCUT2D eigenvalue weighted by Gasteiger charge is 2.16. The third kappa shape index (κ3) is 3.48. The third-order valence-corrected chi connectivity index (χ3v) is 4.22. The zero-order valence-electron chi connectivity index (χ0n) is 14.9. The number of fused-ring (bicyclic) bond motifs is 1. The lowest BCUT2D eigenvalue weighted by molar-refractivity contribution is -0.109. The van der Waals surface area contributed by atoms with Gasteiger partial charge in [0.25, 0.3) is 0 Å². The Morgan fingerprint density at radius 2 is 1.79 bits per heavy atom. The number of hydrogen-bond acceptors (Lipinski definition) is 6. The summed E-state index contributed by atoms with van der Waals surface area (Å²) in [6, 6.07) is 17.2. The van der Waals surface area contributed by atoms with Crippen LogP contribution in [-0.2, 0) is 11.3 Å². The molecule has 140 valence electrons. The lowest BCUT2D eigenvalue weighted by Crippen LogP contribution is -2.18. The van der Waals surface area contributed by atoms with E-state index in [2.05, 4.69) is 20.4 Å². The Bertz CT molecular complexity index is 1090. The molecular weight excluding hydrogens is 356 g/mol. The van der Waals surface area contributed by atoms with E-state index in [0.29, 0.717) is 42.0 Å². The van der Waals surface area contributed by atoms with E-state index in [9.17, 15) is 4.79 Å². The fourth-order valence-corrected chi connectivity index (χ4v) is 2.92. The highest BCUT2D eigenvalue weighted by Crippen LogP contribution is 2.31. The van der Waals surface area contributed by atoms with Gasteiger partial charge < -0.3 is 15.8 Å². The molecule has 0 unspecified atom stereocenters. The topological polar surface area (TPSA) is 108 Å². The van der Waals surface area contributed by atoms with Crippen molar-refractivity contribution in [3.05, 3.63) is 60.9 Å². The molecule has 0 bridgehead atoms. The quantitative estimate of drug-likeness (QED) is 0.380. The van der Waals surface area contributed by atoms with Crippen molar-refractivity contribution >= 4 is 23.3 Å². The van der Waals surface area contributed by atoms with Crippen LogP contribution in [0.15, 0.2) is 60.9 Å². The number of aromatic nitrogens is 4. The molecule has 4 aromatic rings. The van der Waals surface area contributed by atoms with E-state index in [-0.39, 0.29) is 0 Å². The molecule has 0 saturated carbocycles. The average molecular weight is 374 g/mol. The maximum Gasteiger partial charge on any atom is 0.207 e. The van der Waals surface area contributed by atoms with Gasteiger partial charge in [-0.2, -0.15) is 5.10 Å². The van der Waals surface area contributed by atoms with Crippen LogP contribution in [0.25, 0.3) is 22.3 Å². The Morgan fingerprint density at radius 1 is 1.04 bits per heavy atom. The van der Waals surface area contributed by atoms with Crippen molar-refractivity contribution in [3.63, 3.8) is 0 Å². The SMILES string of the molecule is Nc1ncnc2c1c(-c1ccc(Oc3ccccc3)cc1)nn2CCNC=O. The van der Waals surface area contributed by atoms with Crippen LogP contribution in [0.3, 0.4) is 0 Å². The Hall–Kier alpha value is -3.94. The lowest BCUT2D eigenvalue weighted by Gasteiger charge is -2.06. The van der Waals surface area contributed by atoms with E-state index >= 15 is 0 Å². The molecule has 28 heavy (non-hydrogen) atoms. The van der Waals surface area contributed by atoms with Crippen molar-refractivity contribution in [3.8, 4) is 22.8 Å². The zero-order valence-corrected chi connectivity index (χ0v) is 14.9. The summed E-state index contributed by atoms with van der Waals surface area (Å²) in [5.41, 5.74) is 8.27. The summed E-state index contributed by atoms with van der Waals surface area (Å²) in [6.07, 6.45) is 2.06. The Labute approximate surface area is 161 Å². The van der Waals surface area contributed by atoms with Crippen LogP contribution in [0.5, 0.6) is 11.5 Å². The molecular formula is C20H18N6O2. The molecule has 2 aromatic carbocycles. The van der Waals surface area contributed by atoms with Crippen LogP contribution in [0.4, 0.5) is 5.82 Å². The van der Waals surface area contributed by atoms with Crippen molar-refractivity contribution in [1.29, 1.82) is 0 Å². The van der Waals surface area contributed by atoms with Crippen molar-refractivity contribution in [2.75, 3.05) is 12.3 Å². The largest absolute Gasteiger partial charge is 0.457 e. The number of ether oxygens (including phenoxy) is 1. The summed E-state index contributed by atoms with van der Waals surface area (Å²) >= 11 is 0. The maximum absolute atomic E-state index is 10.5. The second-order valence-electron chi connectivity index (χ2n) is 6.04. The molecule has 0 spiro atoms. The third-order valence-electron chi connectivity index (χ3n) is 4.22. The number of carbonyl (C=O) groups is 1. The highest BCUT2D eigenvalue weighted by atomic mass is 16.5. The Kier molecular flexibility index (Phi) is 4.83. The van der Waals surface area contributed by atoms with Gasteiger partial charge in [-0.3, -0.25) is 4.79 Å². The van der Waals surface area contributed by atoms with Crippen molar-refractivity contribution in [2.24, 2.45) is 0 Å². The van der Waals surface area contributed by atoms with Crippen LogP contribution in [0, 0.1) is 0 Å². The van der Waals surface area contributed by atoms with E-state index in [4.69, 9.17) is 10.5 Å². The summed E-state index contributed by atoms with van der Waals surface area (Å²) in [7, 11) is 0. The van der Waals surface area contributed by atoms with Crippen LogP contribution < -0.4 is 15.8 Å². The van der Waals surface area contributed by atoms with Gasteiger partial charge in [0.2, 0.25) is 6.41 Å². The molecule has 0 aliphatic rings. The number of nitrogens with two attached hydrogens (primary N) is 1. The van der Waals surface area contributed by atoms with Gasteiger partial charge in [-0.1, -0.05) is 18.2 Å². The number of amides is 1. The molecule has 0 fully saturated rings. The van der Waals surface area contributed by atoms with Gasteiger partial charge in [-0.15, -0.1) is 0 Å². The second-order valence-corrected chi connectivity index (χ2v) is 6.04. The summed E-state index contributed by atoms with van der Waals surface area (Å²) in [5, 5.41) is 7.95. The van der Waals surface area contributed by atoms with Crippen molar-refractivity contribution in [2.45, 2.75) is 6.54 Å². The van der Waals surface area contributed by atoms with Gasteiger partial charge in [-0.05, 0) is 36.4 Å². The normalized spacial score (nSPS) is 10.7. The first kappa shape index (κ1) is 17.5. The minimum absolute atomic E-state index is 0.360. The number of nitrogens with one attached hydrogen (secondary N) is 1. The number of nitrogen functional groups attached to an aromatic ring is 1. The van der Waals surface area contributed by atoms with Gasteiger partial charge in [0.15, 0.2) is 5.65 Å². The van der Waals surface area contributed by atoms with Crippen LogP contribution >= 0.6 is 0 Å². The monoisotopic (exact) mass is 374 g/mol. The summed E-state index contributed by atoms with van der Waals surface area (Å²) in [4.78, 5) is 18.9. The molecule has 0 saturated heterocycles. The highest BCUT2D eigenvalue weighted by molar-refractivity contribution is 5.98. The van der Waals surface area contributed by atoms with Crippen LogP contribution in [-0.4, -0.2) is 32.7 Å². The minimum Gasteiger partial charge on any atom is -0.457 e. The van der Waals surface area contributed by atoms with E-state index in [0.717, 1.165) is 17.1 Å². The summed E-state index contributed by atoms with van der Waals surface area (Å²) < 4.78 is 7.55. The minimum atomic E-state index is 0.360. The first-order chi connectivity index (χ1) is 13.8. The number of carbonyl (C=O) groups excluding carboxylic acids is 1. The molecule has 0 aliphatic carbocycles. The average Bonchev–Trinajstić information content (AvgIpc) is 3.10. The molecule has 3 N–H and O–H groups in total. The van der Waals surface area contributed by atoms with E-state index in [1.54, 1.807) is 4.68 Å². The zero-order chi connectivity index (χ0) is 19.3. The maximum atomic E-state index is 10.5. The molecule has 1 amide bonds. The molecule has 0 radical (unpaired) electrons. The standard InChI is InChI=1S/C20H18N6O2/c21-19-17-18(25-26(11-10-22-13-27)20(17)24-12-23-19)14-6-8-16(9-7-14)28-15-4-2-1-3-5-15/h1-9,12-13H,10-11H2,(H,22,27)(H2,21,23,24). The number of benzene rings is 2. The summed E-state index contributed by atoms with van der Waals surface area (Å²) in [5.74, 6) is 1.85. The van der Waals surface area contributed by atoms with Gasteiger partial charge >= 0.3 is 0 Å². The molecule has 0 aliphatic heterocycles. The smallest absolute Gasteiger partial charge is 0.207 e. The number of rotatable bonds is 7. The molecule has 0 atom stereocenters. The molecule has 2 heterocycles. The fraction of sp³-hybridized carbons (Fsp3) is 0.100. The van der Waals surface area contributed by atoms with Crippen molar-refractivity contribution in [1.82, 2.24) is 25.1 Å². The van der Waals surface area contributed by atoms with Crippen molar-refractivity contribution < 1.29 is 9.53 Å². The van der Waals surface area contributed by atoms with Gasteiger partial charge in [-0.25, -0.2) is 14.6 Å². The number of para-hydroxylation sites is 1. The molecule has 8 nitrogen and oxygen atoms in total. The van der Waals surface area contributed by atoms with E-state index in [1.165, 1.54) is 6.33 Å². The molecule has 8 heteroatoms. The second kappa shape index (κ2) is 7.75. The molecule has 4 rings (SSSR count). The fourth-order valence-electron chi connectivity index (χ4n) is 2.92. The predicted molar refractivity (Wildman–Crippen MR) is 106 cm³/mol. The Balaban J connectivity index is 1.67. The van der Waals surface area contributed by atoms with Crippen LogP contribution in [0.2, 0.25) is 0 Å².